The molecule has 0 bridgehead atoms. The summed E-state index contributed by atoms with van der Waals surface area (Å²) < 4.78 is 0. The molecule has 0 saturated heterocycles. The third-order valence-corrected chi connectivity index (χ3v) is 4.03. The molecule has 3 rings (SSSR count). The van der Waals surface area contributed by atoms with Gasteiger partial charge in [0.05, 0.1) is 0 Å². The second-order valence-corrected chi connectivity index (χ2v) is 5.46. The highest BCUT2D eigenvalue weighted by Crippen LogP contribution is 2.16. The molecule has 3 N–H and O–H groups in total. The second kappa shape index (κ2) is 7.63. The lowest BCUT2D eigenvalue weighted by Crippen LogP contribution is -2.29. The SMILES string of the molecule is Cl.O=C(NCCc1ccccc1Cl)c1n[nH]c2c1CNCC2. The quantitative estimate of drug-likeness (QED) is 0.798. The van der Waals surface area contributed by atoms with Crippen molar-refractivity contribution in [2.75, 3.05) is 13.1 Å². The van der Waals surface area contributed by atoms with Crippen molar-refractivity contribution in [3.05, 3.63) is 51.8 Å². The molecule has 0 radical (unpaired) electrons. The Balaban J connectivity index is 0.00000176. The molecule has 0 atom stereocenters. The summed E-state index contributed by atoms with van der Waals surface area (Å²) in [6, 6.07) is 7.66. The van der Waals surface area contributed by atoms with Gasteiger partial charge in [-0.1, -0.05) is 29.8 Å². The average molecular weight is 341 g/mol. The molecule has 118 valence electrons. The topological polar surface area (TPSA) is 69.8 Å². The number of halogens is 2. The molecule has 1 aromatic heterocycles. The Morgan fingerprint density at radius 2 is 2.18 bits per heavy atom. The van der Waals surface area contributed by atoms with Crippen molar-refractivity contribution in [3.63, 3.8) is 0 Å². The molecular formula is C15H18Cl2N4O. The summed E-state index contributed by atoms with van der Waals surface area (Å²) in [5.41, 5.74) is 3.57. The Bertz CT molecular complexity index is 657. The molecule has 1 aliphatic rings. The monoisotopic (exact) mass is 340 g/mol. The van der Waals surface area contributed by atoms with E-state index < -0.39 is 0 Å². The number of carbonyl (C=O) groups is 1. The largest absolute Gasteiger partial charge is 0.350 e. The molecule has 22 heavy (non-hydrogen) atoms. The summed E-state index contributed by atoms with van der Waals surface area (Å²) >= 11 is 6.10. The molecule has 2 heterocycles. The van der Waals surface area contributed by atoms with Crippen LogP contribution < -0.4 is 10.6 Å². The first-order chi connectivity index (χ1) is 10.3. The number of aromatic nitrogens is 2. The van der Waals surface area contributed by atoms with E-state index in [1.54, 1.807) is 0 Å². The number of fused-ring (bicyclic) bond motifs is 1. The third kappa shape index (κ3) is 3.61. The van der Waals surface area contributed by atoms with Crippen LogP contribution in [0.15, 0.2) is 24.3 Å². The molecular weight excluding hydrogens is 323 g/mol. The van der Waals surface area contributed by atoms with Crippen molar-refractivity contribution < 1.29 is 4.79 Å². The Kier molecular flexibility index (Phi) is 5.83. The zero-order valence-corrected chi connectivity index (χ0v) is 13.6. The van der Waals surface area contributed by atoms with Gasteiger partial charge < -0.3 is 10.6 Å². The van der Waals surface area contributed by atoms with Gasteiger partial charge in [-0.2, -0.15) is 5.10 Å². The number of aromatic amines is 1. The minimum atomic E-state index is -0.136. The number of hydrogen-bond donors (Lipinski definition) is 3. The van der Waals surface area contributed by atoms with Crippen molar-refractivity contribution in [2.45, 2.75) is 19.4 Å². The summed E-state index contributed by atoms with van der Waals surface area (Å²) in [5, 5.41) is 14.0. The van der Waals surface area contributed by atoms with Gasteiger partial charge in [0.1, 0.15) is 0 Å². The molecule has 0 saturated carbocycles. The number of carbonyl (C=O) groups excluding carboxylic acids is 1. The van der Waals surface area contributed by atoms with Gasteiger partial charge in [-0.05, 0) is 18.1 Å². The van der Waals surface area contributed by atoms with E-state index in [1.807, 2.05) is 24.3 Å². The predicted molar refractivity (Wildman–Crippen MR) is 88.7 cm³/mol. The molecule has 1 aliphatic heterocycles. The summed E-state index contributed by atoms with van der Waals surface area (Å²) in [7, 11) is 0. The Morgan fingerprint density at radius 1 is 1.36 bits per heavy atom. The van der Waals surface area contributed by atoms with Crippen LogP contribution in [0.1, 0.15) is 27.3 Å². The number of amides is 1. The lowest BCUT2D eigenvalue weighted by molar-refractivity contribution is 0.0948. The number of nitrogens with zero attached hydrogens (tertiary/aromatic N) is 1. The lowest BCUT2D eigenvalue weighted by Gasteiger charge is -2.12. The van der Waals surface area contributed by atoms with E-state index in [0.29, 0.717) is 25.2 Å². The van der Waals surface area contributed by atoms with Crippen molar-refractivity contribution in [1.29, 1.82) is 0 Å². The van der Waals surface area contributed by atoms with Crippen LogP contribution in [0.4, 0.5) is 0 Å². The molecule has 1 aromatic carbocycles. The van der Waals surface area contributed by atoms with E-state index in [9.17, 15) is 4.79 Å². The highest BCUT2D eigenvalue weighted by molar-refractivity contribution is 6.31. The van der Waals surface area contributed by atoms with Crippen molar-refractivity contribution in [1.82, 2.24) is 20.8 Å². The molecule has 0 fully saturated rings. The van der Waals surface area contributed by atoms with E-state index in [2.05, 4.69) is 20.8 Å². The van der Waals surface area contributed by atoms with Gasteiger partial charge in [-0.15, -0.1) is 12.4 Å². The molecule has 1 amide bonds. The van der Waals surface area contributed by atoms with Gasteiger partial charge in [0.25, 0.3) is 5.91 Å². The van der Waals surface area contributed by atoms with Crippen LogP contribution in [0, 0.1) is 0 Å². The summed E-state index contributed by atoms with van der Waals surface area (Å²) in [6.07, 6.45) is 1.59. The molecule has 0 aliphatic carbocycles. The Labute approximate surface area is 140 Å². The highest BCUT2D eigenvalue weighted by atomic mass is 35.5. The Hall–Kier alpha value is -1.56. The standard InChI is InChI=1S/C15H17ClN4O.ClH/c16-12-4-2-1-3-10(12)5-8-18-15(21)14-11-9-17-7-6-13(11)19-20-14;/h1-4,17H,5-9H2,(H,18,21)(H,19,20);1H. The van der Waals surface area contributed by atoms with Crippen molar-refractivity contribution in [2.24, 2.45) is 0 Å². The van der Waals surface area contributed by atoms with Crippen LogP contribution in [0.5, 0.6) is 0 Å². The fourth-order valence-corrected chi connectivity index (χ4v) is 2.74. The molecule has 7 heteroatoms. The first kappa shape index (κ1) is 16.8. The average Bonchev–Trinajstić information content (AvgIpc) is 2.93. The minimum Gasteiger partial charge on any atom is -0.350 e. The number of H-pyrrole nitrogens is 1. The minimum absolute atomic E-state index is 0. The normalized spacial score (nSPS) is 13.1. The molecule has 0 unspecified atom stereocenters. The van der Waals surface area contributed by atoms with Gasteiger partial charge in [0.15, 0.2) is 5.69 Å². The van der Waals surface area contributed by atoms with Gasteiger partial charge >= 0.3 is 0 Å². The fourth-order valence-electron chi connectivity index (χ4n) is 2.51. The number of hydrogen-bond acceptors (Lipinski definition) is 3. The van der Waals surface area contributed by atoms with Crippen LogP contribution >= 0.6 is 24.0 Å². The predicted octanol–water partition coefficient (Wildman–Crippen LogP) is 2.10. The van der Waals surface area contributed by atoms with E-state index >= 15 is 0 Å². The maximum absolute atomic E-state index is 12.2. The van der Waals surface area contributed by atoms with E-state index in [0.717, 1.165) is 34.8 Å². The Morgan fingerprint density at radius 3 is 3.00 bits per heavy atom. The van der Waals surface area contributed by atoms with E-state index in [1.165, 1.54) is 0 Å². The second-order valence-electron chi connectivity index (χ2n) is 5.05. The lowest BCUT2D eigenvalue weighted by atomic mass is 10.1. The first-order valence-corrected chi connectivity index (χ1v) is 7.42. The van der Waals surface area contributed by atoms with Crippen molar-refractivity contribution >= 4 is 29.9 Å². The van der Waals surface area contributed by atoms with Crippen LogP contribution in [-0.2, 0) is 19.4 Å². The van der Waals surface area contributed by atoms with Gasteiger partial charge in [0.2, 0.25) is 0 Å². The smallest absolute Gasteiger partial charge is 0.272 e. The van der Waals surface area contributed by atoms with E-state index in [4.69, 9.17) is 11.6 Å². The zero-order chi connectivity index (χ0) is 14.7. The third-order valence-electron chi connectivity index (χ3n) is 3.66. The number of benzene rings is 1. The first-order valence-electron chi connectivity index (χ1n) is 7.04. The van der Waals surface area contributed by atoms with Crippen LogP contribution in [0.2, 0.25) is 5.02 Å². The fraction of sp³-hybridized carbons (Fsp3) is 0.333. The zero-order valence-electron chi connectivity index (χ0n) is 12.0. The molecule has 5 nitrogen and oxygen atoms in total. The maximum atomic E-state index is 12.2. The summed E-state index contributed by atoms with van der Waals surface area (Å²) in [6.45, 7) is 2.15. The van der Waals surface area contributed by atoms with Gasteiger partial charge in [0, 0.05) is 42.3 Å². The highest BCUT2D eigenvalue weighted by Gasteiger charge is 2.21. The number of nitrogens with one attached hydrogen (secondary N) is 3. The van der Waals surface area contributed by atoms with Crippen LogP contribution in [0.3, 0.4) is 0 Å². The maximum Gasteiger partial charge on any atom is 0.272 e. The van der Waals surface area contributed by atoms with Crippen molar-refractivity contribution in [3.8, 4) is 0 Å². The van der Waals surface area contributed by atoms with Crippen LogP contribution in [-0.4, -0.2) is 29.2 Å². The van der Waals surface area contributed by atoms with Gasteiger partial charge in [-0.3, -0.25) is 9.89 Å². The van der Waals surface area contributed by atoms with Gasteiger partial charge in [-0.25, -0.2) is 0 Å². The van der Waals surface area contributed by atoms with E-state index in [-0.39, 0.29) is 18.3 Å². The van der Waals surface area contributed by atoms with Crippen LogP contribution in [0.25, 0.3) is 0 Å². The molecule has 0 spiro atoms. The summed E-state index contributed by atoms with van der Waals surface area (Å²) in [4.78, 5) is 12.2. The molecule has 2 aromatic rings. The number of rotatable bonds is 4. The summed E-state index contributed by atoms with van der Waals surface area (Å²) in [5.74, 6) is -0.136.